The van der Waals surface area contributed by atoms with Crippen LogP contribution in [0.2, 0.25) is 0 Å². The Morgan fingerprint density at radius 2 is 1.00 bits per heavy atom. The zero-order valence-electron chi connectivity index (χ0n) is 14.1. The lowest BCUT2D eigenvalue weighted by Gasteiger charge is -2.13. The predicted molar refractivity (Wildman–Crippen MR) is 110 cm³/mol. The van der Waals surface area contributed by atoms with E-state index in [0.29, 0.717) is 0 Å². The maximum absolute atomic E-state index is 6.21. The third-order valence-electron chi connectivity index (χ3n) is 3.94. The van der Waals surface area contributed by atoms with Crippen molar-refractivity contribution in [2.24, 2.45) is 11.5 Å². The fourth-order valence-electron chi connectivity index (χ4n) is 2.43. The van der Waals surface area contributed by atoms with Crippen molar-refractivity contribution in [1.29, 1.82) is 0 Å². The molecule has 0 bridgehead atoms. The second-order valence-electron chi connectivity index (χ2n) is 6.14. The highest BCUT2D eigenvalue weighted by atomic mass is 33.1. The molecule has 0 amide bonds. The Balaban J connectivity index is 1.50. The summed E-state index contributed by atoms with van der Waals surface area (Å²) >= 11 is 0. The average Bonchev–Trinajstić information content (AvgIpc) is 2.63. The van der Waals surface area contributed by atoms with E-state index in [1.54, 1.807) is 0 Å². The summed E-state index contributed by atoms with van der Waals surface area (Å²) in [7, 11) is 3.72. The van der Waals surface area contributed by atoms with Gasteiger partial charge in [-0.1, -0.05) is 82.3 Å². The van der Waals surface area contributed by atoms with Crippen molar-refractivity contribution in [2.75, 3.05) is 11.5 Å². The first-order valence-electron chi connectivity index (χ1n) is 8.57. The van der Waals surface area contributed by atoms with Crippen LogP contribution in [0.5, 0.6) is 0 Å². The maximum Gasteiger partial charge on any atom is 0.0189 e. The Labute approximate surface area is 154 Å². The van der Waals surface area contributed by atoms with E-state index in [9.17, 15) is 0 Å². The Kier molecular flexibility index (Phi) is 9.36. The SMILES string of the molecule is NC(CCc1ccccc1)CSSCC(N)CCc1ccccc1. The van der Waals surface area contributed by atoms with Crippen LogP contribution in [0, 0.1) is 0 Å². The summed E-state index contributed by atoms with van der Waals surface area (Å²) < 4.78 is 0. The Morgan fingerprint density at radius 1 is 0.625 bits per heavy atom. The Morgan fingerprint density at radius 3 is 1.38 bits per heavy atom. The largest absolute Gasteiger partial charge is 0.327 e. The average molecular weight is 361 g/mol. The summed E-state index contributed by atoms with van der Waals surface area (Å²) in [5.74, 6) is 1.98. The molecule has 0 aliphatic carbocycles. The van der Waals surface area contributed by atoms with E-state index in [1.165, 1.54) is 11.1 Å². The number of rotatable bonds is 11. The van der Waals surface area contributed by atoms with Crippen LogP contribution in [0.15, 0.2) is 60.7 Å². The molecule has 0 heterocycles. The van der Waals surface area contributed by atoms with Gasteiger partial charge in [0.15, 0.2) is 0 Å². The first kappa shape index (κ1) is 19.4. The summed E-state index contributed by atoms with van der Waals surface area (Å²) in [6.45, 7) is 0. The summed E-state index contributed by atoms with van der Waals surface area (Å²) in [5, 5.41) is 0. The highest BCUT2D eigenvalue weighted by Gasteiger charge is 2.07. The first-order valence-corrected chi connectivity index (χ1v) is 11.1. The molecule has 0 saturated heterocycles. The van der Waals surface area contributed by atoms with E-state index in [1.807, 2.05) is 21.6 Å². The van der Waals surface area contributed by atoms with Gasteiger partial charge in [-0.3, -0.25) is 0 Å². The number of hydrogen-bond acceptors (Lipinski definition) is 4. The summed E-state index contributed by atoms with van der Waals surface area (Å²) in [6.07, 6.45) is 4.20. The van der Waals surface area contributed by atoms with Crippen molar-refractivity contribution in [3.63, 3.8) is 0 Å². The standard InChI is InChI=1S/C20H28N2S2/c21-19(13-11-17-7-3-1-4-8-17)15-23-24-16-20(22)14-12-18-9-5-2-6-10-18/h1-10,19-20H,11-16,21-22H2. The van der Waals surface area contributed by atoms with Crippen molar-refractivity contribution in [3.05, 3.63) is 71.8 Å². The summed E-state index contributed by atoms with van der Waals surface area (Å²) in [5.41, 5.74) is 15.2. The molecule has 2 rings (SSSR count). The van der Waals surface area contributed by atoms with Gasteiger partial charge in [0, 0.05) is 23.6 Å². The fraction of sp³-hybridized carbons (Fsp3) is 0.400. The highest BCUT2D eigenvalue weighted by Crippen LogP contribution is 2.24. The van der Waals surface area contributed by atoms with Crippen molar-refractivity contribution < 1.29 is 0 Å². The molecule has 4 heteroatoms. The van der Waals surface area contributed by atoms with Crippen molar-refractivity contribution in [2.45, 2.75) is 37.8 Å². The van der Waals surface area contributed by atoms with Crippen LogP contribution in [-0.2, 0) is 12.8 Å². The first-order chi connectivity index (χ1) is 11.7. The van der Waals surface area contributed by atoms with Gasteiger partial charge in [-0.2, -0.15) is 0 Å². The predicted octanol–water partition coefficient (Wildman–Crippen LogP) is 4.29. The number of benzene rings is 2. The van der Waals surface area contributed by atoms with E-state index in [-0.39, 0.29) is 12.1 Å². The lowest BCUT2D eigenvalue weighted by molar-refractivity contribution is 0.673. The monoisotopic (exact) mass is 360 g/mol. The Hall–Kier alpha value is -0.940. The van der Waals surface area contributed by atoms with Gasteiger partial charge >= 0.3 is 0 Å². The molecular formula is C20H28N2S2. The third-order valence-corrected chi connectivity index (χ3v) is 6.55. The van der Waals surface area contributed by atoms with Gasteiger partial charge in [0.2, 0.25) is 0 Å². The van der Waals surface area contributed by atoms with Crippen LogP contribution < -0.4 is 11.5 Å². The molecule has 4 N–H and O–H groups in total. The van der Waals surface area contributed by atoms with Crippen LogP contribution >= 0.6 is 21.6 Å². The second-order valence-corrected chi connectivity index (χ2v) is 8.69. The van der Waals surface area contributed by atoms with Crippen LogP contribution in [-0.4, -0.2) is 23.6 Å². The zero-order valence-corrected chi connectivity index (χ0v) is 15.8. The summed E-state index contributed by atoms with van der Waals surface area (Å²) in [4.78, 5) is 0. The number of nitrogens with two attached hydrogens (primary N) is 2. The van der Waals surface area contributed by atoms with Gasteiger partial charge in [-0.15, -0.1) is 0 Å². The lowest BCUT2D eigenvalue weighted by Crippen LogP contribution is -2.24. The molecule has 0 saturated carbocycles. The molecule has 2 nitrogen and oxygen atoms in total. The normalized spacial score (nSPS) is 13.6. The van der Waals surface area contributed by atoms with Crippen LogP contribution in [0.3, 0.4) is 0 Å². The highest BCUT2D eigenvalue weighted by molar-refractivity contribution is 8.76. The van der Waals surface area contributed by atoms with Gasteiger partial charge in [0.25, 0.3) is 0 Å². The van der Waals surface area contributed by atoms with E-state index < -0.39 is 0 Å². The van der Waals surface area contributed by atoms with Gasteiger partial charge in [0.1, 0.15) is 0 Å². The van der Waals surface area contributed by atoms with E-state index >= 15 is 0 Å². The van der Waals surface area contributed by atoms with Gasteiger partial charge in [-0.05, 0) is 36.8 Å². The maximum atomic E-state index is 6.21. The van der Waals surface area contributed by atoms with Crippen LogP contribution in [0.25, 0.3) is 0 Å². The van der Waals surface area contributed by atoms with E-state index in [2.05, 4.69) is 60.7 Å². The fourth-order valence-corrected chi connectivity index (χ4v) is 4.93. The zero-order chi connectivity index (χ0) is 17.0. The molecule has 0 fully saturated rings. The van der Waals surface area contributed by atoms with Crippen molar-refractivity contribution >= 4 is 21.6 Å². The van der Waals surface area contributed by atoms with Gasteiger partial charge < -0.3 is 11.5 Å². The molecule has 2 atom stereocenters. The molecule has 0 spiro atoms. The lowest BCUT2D eigenvalue weighted by atomic mass is 10.1. The molecular weight excluding hydrogens is 332 g/mol. The third kappa shape index (κ3) is 8.25. The van der Waals surface area contributed by atoms with Crippen molar-refractivity contribution in [1.82, 2.24) is 0 Å². The molecule has 0 aromatic heterocycles. The summed E-state index contributed by atoms with van der Waals surface area (Å²) in [6, 6.07) is 21.6. The minimum atomic E-state index is 0.253. The van der Waals surface area contributed by atoms with E-state index in [4.69, 9.17) is 11.5 Å². The van der Waals surface area contributed by atoms with E-state index in [0.717, 1.165) is 37.2 Å². The molecule has 0 aliphatic heterocycles. The quantitative estimate of drug-likeness (QED) is 0.464. The molecule has 0 aliphatic rings. The molecule has 2 unspecified atom stereocenters. The minimum absolute atomic E-state index is 0.253. The molecule has 24 heavy (non-hydrogen) atoms. The van der Waals surface area contributed by atoms with Gasteiger partial charge in [0.05, 0.1) is 0 Å². The molecule has 2 aromatic carbocycles. The van der Waals surface area contributed by atoms with Gasteiger partial charge in [-0.25, -0.2) is 0 Å². The van der Waals surface area contributed by atoms with Crippen molar-refractivity contribution in [3.8, 4) is 0 Å². The Bertz CT molecular complexity index is 497. The smallest absolute Gasteiger partial charge is 0.0189 e. The number of hydrogen-bond donors (Lipinski definition) is 2. The topological polar surface area (TPSA) is 52.0 Å². The van der Waals surface area contributed by atoms with Crippen LogP contribution in [0.1, 0.15) is 24.0 Å². The molecule has 2 aromatic rings. The minimum Gasteiger partial charge on any atom is -0.327 e. The number of aryl methyl sites for hydroxylation is 2. The molecule has 130 valence electrons. The van der Waals surface area contributed by atoms with Crippen LogP contribution in [0.4, 0.5) is 0 Å². The molecule has 0 radical (unpaired) electrons. The second kappa shape index (κ2) is 11.6.